The minimum absolute atomic E-state index is 0.457. The maximum atomic E-state index is 3.44. The first kappa shape index (κ1) is 12.0. The van der Waals surface area contributed by atoms with Crippen molar-refractivity contribution < 1.29 is 0 Å². The van der Waals surface area contributed by atoms with Crippen LogP contribution in [0.15, 0.2) is 0 Å². The fourth-order valence-corrected chi connectivity index (χ4v) is 1.51. The van der Waals surface area contributed by atoms with E-state index in [4.69, 9.17) is 0 Å². The molecule has 0 fully saturated rings. The topological polar surface area (TPSA) is 12.0 Å². The molecule has 1 N–H and O–H groups in total. The van der Waals surface area contributed by atoms with E-state index in [-0.39, 0.29) is 0 Å². The number of nitrogens with one attached hydrogen (secondary N) is 1. The Hall–Kier alpha value is -0.0400. The Balaban J connectivity index is 3.86. The first-order valence-corrected chi connectivity index (χ1v) is 5.23. The summed E-state index contributed by atoms with van der Waals surface area (Å²) in [6.07, 6.45) is 2.64. The molecular weight excluding hydrogens is 146 g/mol. The monoisotopic (exact) mass is 171 g/mol. The van der Waals surface area contributed by atoms with E-state index in [0.717, 1.165) is 12.5 Å². The Labute approximate surface area is 77.9 Å². The van der Waals surface area contributed by atoms with Crippen LogP contribution in [-0.4, -0.2) is 13.1 Å². The number of rotatable bonds is 5. The molecule has 0 aromatic heterocycles. The molecule has 1 nitrogen and oxygen atoms in total. The summed E-state index contributed by atoms with van der Waals surface area (Å²) in [5.74, 6) is 0.822. The molecule has 1 heteroatoms. The lowest BCUT2D eigenvalue weighted by Gasteiger charge is -2.30. The van der Waals surface area contributed by atoms with Crippen LogP contribution in [0.5, 0.6) is 0 Å². The molecule has 0 radical (unpaired) electrons. The number of hydrogen-bond donors (Lipinski definition) is 1. The molecule has 0 aliphatic heterocycles. The van der Waals surface area contributed by atoms with Crippen LogP contribution in [-0.2, 0) is 0 Å². The molecule has 0 aromatic carbocycles. The molecule has 0 heterocycles. The van der Waals surface area contributed by atoms with Crippen molar-refractivity contribution in [2.45, 2.75) is 47.5 Å². The molecule has 0 amide bonds. The Morgan fingerprint density at radius 2 is 1.75 bits per heavy atom. The minimum atomic E-state index is 0.457. The Morgan fingerprint density at radius 1 is 1.17 bits per heavy atom. The van der Waals surface area contributed by atoms with Crippen molar-refractivity contribution in [1.29, 1.82) is 0 Å². The Morgan fingerprint density at radius 3 is 2.08 bits per heavy atom. The standard InChI is InChI=1S/C11H25N/c1-6-8-10(9-12-7-2)11(3,4)5/h10,12H,6-9H2,1-5H3. The first-order chi connectivity index (χ1) is 5.52. The SMILES string of the molecule is CCCC(CNCC)C(C)(C)C. The van der Waals surface area contributed by atoms with E-state index in [1.54, 1.807) is 0 Å². The fraction of sp³-hybridized carbons (Fsp3) is 1.00. The average molecular weight is 171 g/mol. The van der Waals surface area contributed by atoms with E-state index in [2.05, 4.69) is 39.9 Å². The van der Waals surface area contributed by atoms with Crippen molar-refractivity contribution in [1.82, 2.24) is 5.32 Å². The highest BCUT2D eigenvalue weighted by atomic mass is 14.8. The minimum Gasteiger partial charge on any atom is -0.317 e. The van der Waals surface area contributed by atoms with Crippen molar-refractivity contribution in [3.63, 3.8) is 0 Å². The molecule has 0 aliphatic rings. The van der Waals surface area contributed by atoms with E-state index in [1.807, 2.05) is 0 Å². The third-order valence-electron chi connectivity index (χ3n) is 2.50. The molecule has 1 unspecified atom stereocenters. The summed E-state index contributed by atoms with van der Waals surface area (Å²) >= 11 is 0. The summed E-state index contributed by atoms with van der Waals surface area (Å²) in [4.78, 5) is 0. The van der Waals surface area contributed by atoms with Gasteiger partial charge in [0.05, 0.1) is 0 Å². The predicted octanol–water partition coefficient (Wildman–Crippen LogP) is 3.06. The highest BCUT2D eigenvalue weighted by Gasteiger charge is 2.22. The van der Waals surface area contributed by atoms with Crippen LogP contribution in [0.2, 0.25) is 0 Å². The van der Waals surface area contributed by atoms with E-state index in [0.29, 0.717) is 5.41 Å². The summed E-state index contributed by atoms with van der Waals surface area (Å²) in [6.45, 7) is 13.7. The van der Waals surface area contributed by atoms with Crippen LogP contribution in [0.3, 0.4) is 0 Å². The van der Waals surface area contributed by atoms with Gasteiger partial charge in [-0.15, -0.1) is 0 Å². The third kappa shape index (κ3) is 4.76. The maximum absolute atomic E-state index is 3.44. The van der Waals surface area contributed by atoms with Gasteiger partial charge in [0.2, 0.25) is 0 Å². The van der Waals surface area contributed by atoms with Gasteiger partial charge in [0.15, 0.2) is 0 Å². The maximum Gasteiger partial charge on any atom is -0.00156 e. The first-order valence-electron chi connectivity index (χ1n) is 5.23. The zero-order chi connectivity index (χ0) is 9.61. The number of hydrogen-bond acceptors (Lipinski definition) is 1. The lowest BCUT2D eigenvalue weighted by atomic mass is 9.78. The van der Waals surface area contributed by atoms with E-state index in [9.17, 15) is 0 Å². The van der Waals surface area contributed by atoms with Gasteiger partial charge in [-0.3, -0.25) is 0 Å². The van der Waals surface area contributed by atoms with Gasteiger partial charge in [0.1, 0.15) is 0 Å². The van der Waals surface area contributed by atoms with Crippen LogP contribution in [0, 0.1) is 11.3 Å². The summed E-state index contributed by atoms with van der Waals surface area (Å²) in [6, 6.07) is 0. The second-order valence-electron chi connectivity index (χ2n) is 4.66. The molecule has 0 saturated carbocycles. The highest BCUT2D eigenvalue weighted by Crippen LogP contribution is 2.28. The largest absolute Gasteiger partial charge is 0.317 e. The lowest BCUT2D eigenvalue weighted by molar-refractivity contribution is 0.218. The van der Waals surface area contributed by atoms with E-state index in [1.165, 1.54) is 19.4 Å². The van der Waals surface area contributed by atoms with Gasteiger partial charge in [-0.1, -0.05) is 41.0 Å². The predicted molar refractivity (Wildman–Crippen MR) is 56.4 cm³/mol. The van der Waals surface area contributed by atoms with E-state index >= 15 is 0 Å². The van der Waals surface area contributed by atoms with Crippen LogP contribution < -0.4 is 5.32 Å². The van der Waals surface area contributed by atoms with Gasteiger partial charge in [-0.2, -0.15) is 0 Å². The van der Waals surface area contributed by atoms with Crippen LogP contribution in [0.4, 0.5) is 0 Å². The summed E-state index contributed by atoms with van der Waals surface area (Å²) in [7, 11) is 0. The Kier molecular flexibility index (Phi) is 5.56. The average Bonchev–Trinajstić information content (AvgIpc) is 1.95. The quantitative estimate of drug-likeness (QED) is 0.670. The van der Waals surface area contributed by atoms with Crippen LogP contribution in [0.25, 0.3) is 0 Å². The van der Waals surface area contributed by atoms with Crippen molar-refractivity contribution >= 4 is 0 Å². The highest BCUT2D eigenvalue weighted by molar-refractivity contribution is 4.75. The molecule has 74 valence electrons. The van der Waals surface area contributed by atoms with Gasteiger partial charge >= 0.3 is 0 Å². The van der Waals surface area contributed by atoms with Crippen LogP contribution >= 0.6 is 0 Å². The molecule has 0 bridgehead atoms. The van der Waals surface area contributed by atoms with Gasteiger partial charge in [0, 0.05) is 0 Å². The van der Waals surface area contributed by atoms with E-state index < -0.39 is 0 Å². The zero-order valence-corrected chi connectivity index (χ0v) is 9.41. The molecule has 0 spiro atoms. The molecule has 0 rings (SSSR count). The summed E-state index contributed by atoms with van der Waals surface area (Å²) < 4.78 is 0. The van der Waals surface area contributed by atoms with Crippen molar-refractivity contribution in [3.05, 3.63) is 0 Å². The second kappa shape index (κ2) is 5.58. The van der Waals surface area contributed by atoms with Crippen molar-refractivity contribution in [3.8, 4) is 0 Å². The smallest absolute Gasteiger partial charge is 0.00156 e. The lowest BCUT2D eigenvalue weighted by Crippen LogP contribution is -2.31. The molecule has 0 saturated heterocycles. The zero-order valence-electron chi connectivity index (χ0n) is 9.41. The van der Waals surface area contributed by atoms with Gasteiger partial charge in [-0.05, 0) is 30.8 Å². The molecule has 0 aromatic rings. The van der Waals surface area contributed by atoms with Crippen LogP contribution in [0.1, 0.15) is 47.5 Å². The van der Waals surface area contributed by atoms with Gasteiger partial charge < -0.3 is 5.32 Å². The second-order valence-corrected chi connectivity index (χ2v) is 4.66. The fourth-order valence-electron chi connectivity index (χ4n) is 1.51. The summed E-state index contributed by atoms with van der Waals surface area (Å²) in [5, 5.41) is 3.44. The molecule has 12 heavy (non-hydrogen) atoms. The summed E-state index contributed by atoms with van der Waals surface area (Å²) in [5.41, 5.74) is 0.457. The van der Waals surface area contributed by atoms with Crippen molar-refractivity contribution in [2.75, 3.05) is 13.1 Å². The molecular formula is C11H25N. The third-order valence-corrected chi connectivity index (χ3v) is 2.50. The normalized spacial score (nSPS) is 14.8. The van der Waals surface area contributed by atoms with Gasteiger partial charge in [0.25, 0.3) is 0 Å². The van der Waals surface area contributed by atoms with Crippen molar-refractivity contribution in [2.24, 2.45) is 11.3 Å². The van der Waals surface area contributed by atoms with Gasteiger partial charge in [-0.25, -0.2) is 0 Å². The molecule has 1 atom stereocenters. The Bertz CT molecular complexity index is 102. The molecule has 0 aliphatic carbocycles.